The van der Waals surface area contributed by atoms with Crippen molar-refractivity contribution >= 4 is 5.95 Å². The van der Waals surface area contributed by atoms with Crippen LogP contribution in [0, 0.1) is 0 Å². The normalized spacial score (nSPS) is 23.7. The molecule has 0 radical (unpaired) electrons. The number of hydrogen-bond acceptors (Lipinski definition) is 5. The van der Waals surface area contributed by atoms with E-state index in [1.54, 1.807) is 0 Å². The number of fused-ring (bicyclic) bond motifs is 1. The Hall–Kier alpha value is -1.40. The molecule has 1 aliphatic carbocycles. The molecule has 2 fully saturated rings. The van der Waals surface area contributed by atoms with Crippen molar-refractivity contribution < 1.29 is 4.74 Å². The summed E-state index contributed by atoms with van der Waals surface area (Å²) in [6.45, 7) is 4.82. The number of rotatable bonds is 2. The molecule has 1 N–H and O–H groups in total. The molecule has 1 aromatic rings. The van der Waals surface area contributed by atoms with Crippen molar-refractivity contribution in [1.82, 2.24) is 14.9 Å². The Bertz CT molecular complexity index is 588. The summed E-state index contributed by atoms with van der Waals surface area (Å²) in [5, 5.41) is 0. The molecule has 6 heteroatoms. The number of ether oxygens (including phenoxy) is 1. The SMILES string of the molecule is O=c1[nH]c(N2CCOCC2)nc2c1CN(C1CCCC1)CC2. The first kappa shape index (κ1) is 14.2. The molecule has 4 rings (SSSR count). The molecule has 0 unspecified atom stereocenters. The van der Waals surface area contributed by atoms with Crippen molar-refractivity contribution in [3.63, 3.8) is 0 Å². The predicted molar refractivity (Wildman–Crippen MR) is 84.3 cm³/mol. The molecular formula is C16H24N4O2. The van der Waals surface area contributed by atoms with Crippen molar-refractivity contribution in [1.29, 1.82) is 0 Å². The molecule has 2 aliphatic heterocycles. The van der Waals surface area contributed by atoms with Crippen LogP contribution in [0.15, 0.2) is 4.79 Å². The second kappa shape index (κ2) is 6.01. The molecule has 1 saturated carbocycles. The lowest BCUT2D eigenvalue weighted by atomic mass is 10.0. The van der Waals surface area contributed by atoms with Crippen LogP contribution in [-0.4, -0.2) is 53.8 Å². The Balaban J connectivity index is 1.56. The van der Waals surface area contributed by atoms with Gasteiger partial charge in [0.15, 0.2) is 0 Å². The van der Waals surface area contributed by atoms with E-state index in [2.05, 4.69) is 14.8 Å². The molecule has 6 nitrogen and oxygen atoms in total. The Kier molecular flexibility index (Phi) is 3.88. The fourth-order valence-electron chi connectivity index (χ4n) is 3.94. The molecule has 120 valence electrons. The first-order chi connectivity index (χ1) is 10.8. The van der Waals surface area contributed by atoms with Crippen LogP contribution in [0.3, 0.4) is 0 Å². The molecule has 0 bridgehead atoms. The summed E-state index contributed by atoms with van der Waals surface area (Å²) in [7, 11) is 0. The Morgan fingerprint density at radius 3 is 2.68 bits per heavy atom. The maximum Gasteiger partial charge on any atom is 0.257 e. The van der Waals surface area contributed by atoms with Gasteiger partial charge in [-0.25, -0.2) is 4.98 Å². The minimum Gasteiger partial charge on any atom is -0.378 e. The number of H-pyrrole nitrogens is 1. The van der Waals surface area contributed by atoms with E-state index >= 15 is 0 Å². The quantitative estimate of drug-likeness (QED) is 0.880. The lowest BCUT2D eigenvalue weighted by molar-refractivity contribution is 0.122. The van der Waals surface area contributed by atoms with E-state index in [-0.39, 0.29) is 5.56 Å². The Labute approximate surface area is 130 Å². The summed E-state index contributed by atoms with van der Waals surface area (Å²) >= 11 is 0. The van der Waals surface area contributed by atoms with Crippen LogP contribution >= 0.6 is 0 Å². The zero-order valence-electron chi connectivity index (χ0n) is 13.0. The fourth-order valence-corrected chi connectivity index (χ4v) is 3.94. The van der Waals surface area contributed by atoms with Crippen LogP contribution in [0.4, 0.5) is 5.95 Å². The van der Waals surface area contributed by atoms with Gasteiger partial charge in [-0.3, -0.25) is 14.7 Å². The topological polar surface area (TPSA) is 61.5 Å². The van der Waals surface area contributed by atoms with E-state index in [1.165, 1.54) is 25.7 Å². The molecule has 1 aromatic heterocycles. The van der Waals surface area contributed by atoms with E-state index in [4.69, 9.17) is 9.72 Å². The van der Waals surface area contributed by atoms with Crippen LogP contribution < -0.4 is 10.5 Å². The average Bonchev–Trinajstić information content (AvgIpc) is 3.10. The second-order valence-electron chi connectivity index (χ2n) is 6.57. The average molecular weight is 304 g/mol. The minimum atomic E-state index is 0.0502. The van der Waals surface area contributed by atoms with Gasteiger partial charge in [-0.05, 0) is 12.8 Å². The molecule has 0 atom stereocenters. The smallest absolute Gasteiger partial charge is 0.257 e. The summed E-state index contributed by atoms with van der Waals surface area (Å²) in [6, 6.07) is 0.673. The number of nitrogens with one attached hydrogen (secondary N) is 1. The van der Waals surface area contributed by atoms with Gasteiger partial charge in [0.05, 0.1) is 24.5 Å². The van der Waals surface area contributed by atoms with Gasteiger partial charge in [0, 0.05) is 38.6 Å². The highest BCUT2D eigenvalue weighted by Crippen LogP contribution is 2.27. The van der Waals surface area contributed by atoms with Gasteiger partial charge < -0.3 is 9.64 Å². The van der Waals surface area contributed by atoms with Gasteiger partial charge in [0.2, 0.25) is 5.95 Å². The lowest BCUT2D eigenvalue weighted by Crippen LogP contribution is -2.43. The number of hydrogen-bond donors (Lipinski definition) is 1. The van der Waals surface area contributed by atoms with E-state index in [0.717, 1.165) is 49.8 Å². The summed E-state index contributed by atoms with van der Waals surface area (Å²) in [5.41, 5.74) is 1.93. The Morgan fingerprint density at radius 1 is 1.14 bits per heavy atom. The van der Waals surface area contributed by atoms with E-state index in [0.29, 0.717) is 19.3 Å². The van der Waals surface area contributed by atoms with Gasteiger partial charge in [0.25, 0.3) is 5.56 Å². The largest absolute Gasteiger partial charge is 0.378 e. The maximum atomic E-state index is 12.5. The highest BCUT2D eigenvalue weighted by Gasteiger charge is 2.28. The minimum absolute atomic E-state index is 0.0502. The van der Waals surface area contributed by atoms with Crippen LogP contribution in [0.2, 0.25) is 0 Å². The number of aromatic amines is 1. The molecule has 3 heterocycles. The van der Waals surface area contributed by atoms with Crippen molar-refractivity contribution in [3.8, 4) is 0 Å². The third kappa shape index (κ3) is 2.65. The monoisotopic (exact) mass is 304 g/mol. The summed E-state index contributed by atoms with van der Waals surface area (Å²) < 4.78 is 5.37. The molecule has 0 spiro atoms. The standard InChI is InChI=1S/C16H24N4O2/c21-15-13-11-20(12-3-1-2-4-12)6-5-14(13)17-16(18-15)19-7-9-22-10-8-19/h12H,1-11H2,(H,17,18,21). The number of nitrogens with zero attached hydrogens (tertiary/aromatic N) is 3. The molecule has 0 aromatic carbocycles. The maximum absolute atomic E-state index is 12.5. The number of anilines is 1. The summed E-state index contributed by atoms with van der Waals surface area (Å²) in [6.07, 6.45) is 6.13. The van der Waals surface area contributed by atoms with Crippen molar-refractivity contribution in [3.05, 3.63) is 21.6 Å². The van der Waals surface area contributed by atoms with E-state index < -0.39 is 0 Å². The summed E-state index contributed by atoms with van der Waals surface area (Å²) in [5.74, 6) is 0.723. The van der Waals surface area contributed by atoms with Gasteiger partial charge in [0.1, 0.15) is 0 Å². The van der Waals surface area contributed by atoms with Gasteiger partial charge in [-0.15, -0.1) is 0 Å². The van der Waals surface area contributed by atoms with Crippen molar-refractivity contribution in [2.75, 3.05) is 37.7 Å². The fraction of sp³-hybridized carbons (Fsp3) is 0.750. The lowest BCUT2D eigenvalue weighted by Gasteiger charge is -2.33. The number of morpholine rings is 1. The van der Waals surface area contributed by atoms with Crippen LogP contribution in [-0.2, 0) is 17.7 Å². The zero-order chi connectivity index (χ0) is 14.9. The molecule has 22 heavy (non-hydrogen) atoms. The molecule has 3 aliphatic rings. The first-order valence-corrected chi connectivity index (χ1v) is 8.50. The molecular weight excluding hydrogens is 280 g/mol. The zero-order valence-corrected chi connectivity index (χ0v) is 13.0. The third-order valence-corrected chi connectivity index (χ3v) is 5.24. The van der Waals surface area contributed by atoms with Crippen LogP contribution in [0.1, 0.15) is 36.9 Å². The predicted octanol–water partition coefficient (Wildman–Crippen LogP) is 0.907. The molecule has 0 amide bonds. The Morgan fingerprint density at radius 2 is 1.91 bits per heavy atom. The third-order valence-electron chi connectivity index (χ3n) is 5.24. The highest BCUT2D eigenvalue weighted by atomic mass is 16.5. The highest BCUT2D eigenvalue weighted by molar-refractivity contribution is 5.34. The number of aromatic nitrogens is 2. The molecule has 1 saturated heterocycles. The van der Waals surface area contributed by atoms with Crippen LogP contribution in [0.5, 0.6) is 0 Å². The van der Waals surface area contributed by atoms with Gasteiger partial charge in [-0.2, -0.15) is 0 Å². The van der Waals surface area contributed by atoms with Gasteiger partial charge >= 0.3 is 0 Å². The van der Waals surface area contributed by atoms with Crippen molar-refractivity contribution in [2.24, 2.45) is 0 Å². The second-order valence-corrected chi connectivity index (χ2v) is 6.57. The van der Waals surface area contributed by atoms with E-state index in [9.17, 15) is 4.79 Å². The van der Waals surface area contributed by atoms with Gasteiger partial charge in [-0.1, -0.05) is 12.8 Å². The van der Waals surface area contributed by atoms with Crippen LogP contribution in [0.25, 0.3) is 0 Å². The first-order valence-electron chi connectivity index (χ1n) is 8.50. The summed E-state index contributed by atoms with van der Waals surface area (Å²) in [4.78, 5) is 24.9. The van der Waals surface area contributed by atoms with Crippen molar-refractivity contribution in [2.45, 2.75) is 44.7 Å². The van der Waals surface area contributed by atoms with E-state index in [1.807, 2.05) is 0 Å².